The Morgan fingerprint density at radius 1 is 1.41 bits per heavy atom. The van der Waals surface area contributed by atoms with E-state index in [4.69, 9.17) is 9.47 Å². The number of hydrogen-bond donors (Lipinski definition) is 2. The van der Waals surface area contributed by atoms with Crippen molar-refractivity contribution in [2.75, 3.05) is 13.7 Å². The van der Waals surface area contributed by atoms with Gasteiger partial charge in [-0.15, -0.1) is 0 Å². The third-order valence-electron chi connectivity index (χ3n) is 2.68. The van der Waals surface area contributed by atoms with E-state index in [1.807, 2.05) is 0 Å². The Labute approximate surface area is 100 Å². The lowest BCUT2D eigenvalue weighted by atomic mass is 9.94. The fourth-order valence-corrected chi connectivity index (χ4v) is 1.88. The Hall–Kier alpha value is -1.14. The molecule has 0 bridgehead atoms. The molecule has 0 spiro atoms. The average molecular weight is 245 g/mol. The lowest BCUT2D eigenvalue weighted by Gasteiger charge is -2.30. The van der Waals surface area contributed by atoms with Gasteiger partial charge in [0.1, 0.15) is 11.6 Å². The molecule has 0 amide bonds. The molecule has 2 unspecified atom stereocenters. The molecule has 17 heavy (non-hydrogen) atoms. The Bertz CT molecular complexity index is 322. The molecule has 1 aliphatic rings. The van der Waals surface area contributed by atoms with Gasteiger partial charge in [-0.1, -0.05) is 0 Å². The van der Waals surface area contributed by atoms with Crippen LogP contribution in [0.4, 0.5) is 0 Å². The summed E-state index contributed by atoms with van der Waals surface area (Å²) in [5.74, 6) is -1.75. The van der Waals surface area contributed by atoms with Gasteiger partial charge in [0.2, 0.25) is 0 Å². The Kier molecular flexibility index (Phi) is 3.78. The van der Waals surface area contributed by atoms with E-state index in [1.54, 1.807) is 20.8 Å². The molecule has 2 N–H and O–H groups in total. The van der Waals surface area contributed by atoms with Crippen molar-refractivity contribution in [3.05, 3.63) is 0 Å². The molecule has 1 rings (SSSR count). The zero-order valence-electron chi connectivity index (χ0n) is 10.6. The fraction of sp³-hybridized carbons (Fsp3) is 0.818. The van der Waals surface area contributed by atoms with Crippen molar-refractivity contribution in [2.24, 2.45) is 0 Å². The number of carboxylic acids is 1. The highest BCUT2D eigenvalue weighted by Crippen LogP contribution is 2.27. The van der Waals surface area contributed by atoms with Crippen molar-refractivity contribution in [3.63, 3.8) is 0 Å². The van der Waals surface area contributed by atoms with Crippen LogP contribution in [0.2, 0.25) is 0 Å². The summed E-state index contributed by atoms with van der Waals surface area (Å²) in [5, 5.41) is 12.0. The van der Waals surface area contributed by atoms with Crippen LogP contribution in [0.25, 0.3) is 0 Å². The molecule has 0 aromatic rings. The van der Waals surface area contributed by atoms with E-state index in [0.717, 1.165) is 0 Å². The van der Waals surface area contributed by atoms with E-state index >= 15 is 0 Å². The molecule has 6 heteroatoms. The van der Waals surface area contributed by atoms with E-state index in [9.17, 15) is 14.7 Å². The maximum Gasteiger partial charge on any atom is 0.338 e. The van der Waals surface area contributed by atoms with Gasteiger partial charge < -0.3 is 19.9 Å². The van der Waals surface area contributed by atoms with E-state index in [-0.39, 0.29) is 6.42 Å². The van der Waals surface area contributed by atoms with Crippen LogP contribution >= 0.6 is 0 Å². The number of carbonyl (C=O) groups excluding carboxylic acids is 1. The Morgan fingerprint density at radius 3 is 2.41 bits per heavy atom. The van der Waals surface area contributed by atoms with Crippen molar-refractivity contribution in [1.82, 2.24) is 5.32 Å². The maximum absolute atomic E-state index is 11.9. The molecule has 0 aromatic heterocycles. The van der Waals surface area contributed by atoms with Crippen LogP contribution in [-0.4, -0.2) is 47.9 Å². The minimum Gasteiger partial charge on any atom is -0.479 e. The number of nitrogens with one attached hydrogen (secondary N) is 1. The minimum absolute atomic E-state index is 0.239. The summed E-state index contributed by atoms with van der Waals surface area (Å²) < 4.78 is 10.2. The predicted octanol–water partition coefficient (Wildman–Crippen LogP) is 0.160. The molecule has 1 aliphatic heterocycles. The summed E-state index contributed by atoms with van der Waals surface area (Å²) >= 11 is 0. The van der Waals surface area contributed by atoms with Gasteiger partial charge in [0.15, 0.2) is 5.60 Å². The molecule has 98 valence electrons. The van der Waals surface area contributed by atoms with Gasteiger partial charge in [0.25, 0.3) is 0 Å². The highest BCUT2D eigenvalue weighted by molar-refractivity contribution is 5.90. The third-order valence-corrected chi connectivity index (χ3v) is 2.68. The second kappa shape index (κ2) is 4.62. The topological polar surface area (TPSA) is 84.9 Å². The molecule has 0 aromatic carbocycles. The number of carbonyl (C=O) groups is 2. The number of esters is 1. The minimum atomic E-state index is -1.53. The SMILES string of the molecule is COC1(C(=O)O)CCNC1C(=O)OC(C)(C)C. The highest BCUT2D eigenvalue weighted by Gasteiger charge is 2.54. The molecule has 0 aliphatic carbocycles. The summed E-state index contributed by atoms with van der Waals surface area (Å²) in [5.41, 5.74) is -2.18. The molecule has 6 nitrogen and oxygen atoms in total. The molecule has 1 fully saturated rings. The molecular formula is C11H19NO5. The van der Waals surface area contributed by atoms with Crippen LogP contribution in [-0.2, 0) is 19.1 Å². The second-order valence-electron chi connectivity index (χ2n) is 5.07. The average Bonchev–Trinajstić information content (AvgIpc) is 2.59. The summed E-state index contributed by atoms with van der Waals surface area (Å²) in [7, 11) is 1.29. The van der Waals surface area contributed by atoms with Gasteiger partial charge in [-0.3, -0.25) is 4.79 Å². The van der Waals surface area contributed by atoms with Crippen LogP contribution in [0.5, 0.6) is 0 Å². The lowest BCUT2D eigenvalue weighted by Crippen LogP contribution is -2.56. The number of rotatable bonds is 3. The summed E-state index contributed by atoms with van der Waals surface area (Å²) in [4.78, 5) is 23.2. The van der Waals surface area contributed by atoms with Crippen LogP contribution in [0.3, 0.4) is 0 Å². The first kappa shape index (κ1) is 13.9. The molecule has 2 atom stereocenters. The van der Waals surface area contributed by atoms with Crippen molar-refractivity contribution in [3.8, 4) is 0 Å². The molecule has 1 saturated heterocycles. The first-order valence-electron chi connectivity index (χ1n) is 5.48. The van der Waals surface area contributed by atoms with Crippen molar-refractivity contribution in [1.29, 1.82) is 0 Å². The van der Waals surface area contributed by atoms with E-state index in [1.165, 1.54) is 7.11 Å². The van der Waals surface area contributed by atoms with Gasteiger partial charge in [-0.2, -0.15) is 0 Å². The molecule has 0 saturated carbocycles. The Balaban J connectivity index is 2.89. The smallest absolute Gasteiger partial charge is 0.338 e. The van der Waals surface area contributed by atoms with Crippen LogP contribution in [0.1, 0.15) is 27.2 Å². The summed E-state index contributed by atoms with van der Waals surface area (Å²) in [6.07, 6.45) is 0.239. The number of methoxy groups -OCH3 is 1. The zero-order valence-corrected chi connectivity index (χ0v) is 10.6. The first-order chi connectivity index (χ1) is 7.73. The molecule has 0 radical (unpaired) electrons. The lowest BCUT2D eigenvalue weighted by molar-refractivity contribution is -0.177. The first-order valence-corrected chi connectivity index (χ1v) is 5.48. The normalized spacial score (nSPS) is 29.1. The van der Waals surface area contributed by atoms with Crippen molar-refractivity contribution < 1.29 is 24.2 Å². The number of ether oxygens (including phenoxy) is 2. The number of hydrogen-bond acceptors (Lipinski definition) is 5. The highest BCUT2D eigenvalue weighted by atomic mass is 16.6. The predicted molar refractivity (Wildman–Crippen MR) is 59.6 cm³/mol. The van der Waals surface area contributed by atoms with E-state index in [2.05, 4.69) is 5.32 Å². The van der Waals surface area contributed by atoms with Gasteiger partial charge in [0, 0.05) is 13.5 Å². The van der Waals surface area contributed by atoms with Crippen LogP contribution in [0, 0.1) is 0 Å². The van der Waals surface area contributed by atoms with Crippen LogP contribution in [0.15, 0.2) is 0 Å². The zero-order chi connectivity index (χ0) is 13.3. The Morgan fingerprint density at radius 2 is 2.00 bits per heavy atom. The van der Waals surface area contributed by atoms with Gasteiger partial charge >= 0.3 is 11.9 Å². The van der Waals surface area contributed by atoms with E-state index < -0.39 is 29.2 Å². The quantitative estimate of drug-likeness (QED) is 0.689. The largest absolute Gasteiger partial charge is 0.479 e. The molecular weight excluding hydrogens is 226 g/mol. The van der Waals surface area contributed by atoms with Crippen molar-refractivity contribution in [2.45, 2.75) is 44.4 Å². The molecule has 1 heterocycles. The summed E-state index contributed by atoms with van der Waals surface area (Å²) in [6, 6.07) is -0.968. The monoisotopic (exact) mass is 245 g/mol. The number of aliphatic carboxylic acids is 1. The summed E-state index contributed by atoms with van der Waals surface area (Å²) in [6.45, 7) is 5.60. The van der Waals surface area contributed by atoms with Crippen molar-refractivity contribution >= 4 is 11.9 Å². The van der Waals surface area contributed by atoms with E-state index in [0.29, 0.717) is 6.54 Å². The second-order valence-corrected chi connectivity index (χ2v) is 5.07. The third kappa shape index (κ3) is 2.76. The van der Waals surface area contributed by atoms with Gasteiger partial charge in [-0.25, -0.2) is 4.79 Å². The maximum atomic E-state index is 11.9. The standard InChI is InChI=1S/C11H19NO5/c1-10(2,3)17-8(13)7-11(16-4,9(14)15)5-6-12-7/h7,12H,5-6H2,1-4H3,(H,14,15). The van der Waals surface area contributed by atoms with Gasteiger partial charge in [-0.05, 0) is 27.3 Å². The number of carboxylic acid groups (broad SMARTS) is 1. The van der Waals surface area contributed by atoms with Crippen LogP contribution < -0.4 is 5.32 Å². The van der Waals surface area contributed by atoms with Gasteiger partial charge in [0.05, 0.1) is 0 Å². The fourth-order valence-electron chi connectivity index (χ4n) is 1.88.